The summed E-state index contributed by atoms with van der Waals surface area (Å²) in [4.78, 5) is 40.5. The van der Waals surface area contributed by atoms with Gasteiger partial charge in [0.2, 0.25) is 11.8 Å². The molecule has 0 aliphatic carbocycles. The van der Waals surface area contributed by atoms with Gasteiger partial charge in [-0.3, -0.25) is 14.4 Å². The van der Waals surface area contributed by atoms with Gasteiger partial charge in [-0.05, 0) is 25.0 Å². The molecule has 0 radical (unpaired) electrons. The van der Waals surface area contributed by atoms with Crippen LogP contribution >= 0.6 is 34.7 Å². The van der Waals surface area contributed by atoms with Crippen molar-refractivity contribution in [1.29, 1.82) is 0 Å². The summed E-state index contributed by atoms with van der Waals surface area (Å²) in [5, 5.41) is 6.17. The second-order valence-corrected chi connectivity index (χ2v) is 8.96. The third-order valence-corrected chi connectivity index (χ3v) is 6.47. The number of aryl methyl sites for hydroxylation is 1. The number of hydrogen-bond donors (Lipinski definition) is 3. The number of thioether (sulfide) groups is 1. The molecule has 150 valence electrons. The first kappa shape index (κ1) is 22.2. The molecule has 2 aromatic rings. The van der Waals surface area contributed by atoms with Gasteiger partial charge < -0.3 is 16.4 Å². The number of rotatable bonds is 8. The minimum atomic E-state index is -0.769. The van der Waals surface area contributed by atoms with Gasteiger partial charge >= 0.3 is 0 Å². The number of nitrogens with zero attached hydrogens (tertiary/aromatic N) is 1. The maximum atomic E-state index is 12.7. The highest BCUT2D eigenvalue weighted by molar-refractivity contribution is 8.01. The quantitative estimate of drug-likeness (QED) is 0.546. The van der Waals surface area contributed by atoms with Gasteiger partial charge in [-0.1, -0.05) is 48.9 Å². The Bertz CT molecular complexity index is 885. The lowest BCUT2D eigenvalue weighted by Gasteiger charge is -2.21. The van der Waals surface area contributed by atoms with Gasteiger partial charge in [0.1, 0.15) is 6.04 Å². The Morgan fingerprint density at radius 1 is 1.29 bits per heavy atom. The molecule has 0 aliphatic heterocycles. The third-order valence-electron chi connectivity index (χ3n) is 3.68. The molecule has 1 aromatic heterocycles. The van der Waals surface area contributed by atoms with Crippen LogP contribution in [-0.2, 0) is 9.59 Å². The number of benzene rings is 1. The van der Waals surface area contributed by atoms with Crippen LogP contribution in [0.15, 0.2) is 28.5 Å². The number of thiazole rings is 1. The lowest BCUT2D eigenvalue weighted by molar-refractivity contribution is -0.119. The maximum Gasteiger partial charge on any atom is 0.253 e. The van der Waals surface area contributed by atoms with Gasteiger partial charge in [0, 0.05) is 0 Å². The van der Waals surface area contributed by atoms with E-state index in [-0.39, 0.29) is 17.6 Å². The Labute approximate surface area is 176 Å². The second kappa shape index (κ2) is 9.90. The number of carbonyl (C=O) groups is 3. The highest BCUT2D eigenvalue weighted by Crippen LogP contribution is 2.32. The van der Waals surface area contributed by atoms with Crippen LogP contribution in [0.3, 0.4) is 0 Å². The van der Waals surface area contributed by atoms with Crippen LogP contribution in [0.4, 0.5) is 5.13 Å². The van der Waals surface area contributed by atoms with Crippen molar-refractivity contribution < 1.29 is 14.4 Å². The Kier molecular flexibility index (Phi) is 7.85. The number of hydrogen-bond acceptors (Lipinski definition) is 6. The van der Waals surface area contributed by atoms with Crippen molar-refractivity contribution in [1.82, 2.24) is 10.3 Å². The average Bonchev–Trinajstić information content (AvgIpc) is 2.96. The molecule has 1 unspecified atom stereocenters. The molecule has 1 heterocycles. The largest absolute Gasteiger partial charge is 0.369 e. The Balaban J connectivity index is 2.09. The zero-order valence-electron chi connectivity index (χ0n) is 15.6. The maximum absolute atomic E-state index is 12.7. The molecular weight excluding hydrogens is 420 g/mol. The number of amides is 3. The van der Waals surface area contributed by atoms with Crippen LogP contribution in [-0.4, -0.2) is 34.5 Å². The average molecular weight is 441 g/mol. The van der Waals surface area contributed by atoms with Crippen LogP contribution in [0, 0.1) is 12.8 Å². The molecular formula is C18H21ClN4O3S2. The summed E-state index contributed by atoms with van der Waals surface area (Å²) in [6.45, 7) is 5.45. The highest BCUT2D eigenvalue weighted by atomic mass is 35.5. The van der Waals surface area contributed by atoms with E-state index in [1.807, 2.05) is 13.8 Å². The number of anilines is 1. The summed E-state index contributed by atoms with van der Waals surface area (Å²) >= 11 is 8.59. The van der Waals surface area contributed by atoms with E-state index in [2.05, 4.69) is 15.6 Å². The van der Waals surface area contributed by atoms with Crippen molar-refractivity contribution in [3.63, 3.8) is 0 Å². The van der Waals surface area contributed by atoms with Gasteiger partial charge in [0.05, 0.1) is 26.2 Å². The summed E-state index contributed by atoms with van der Waals surface area (Å²) in [5.41, 5.74) is 6.17. The van der Waals surface area contributed by atoms with Crippen molar-refractivity contribution in [2.45, 2.75) is 31.0 Å². The molecule has 0 aliphatic rings. The van der Waals surface area contributed by atoms with E-state index in [9.17, 15) is 14.4 Å². The molecule has 0 fully saturated rings. The predicted octanol–water partition coefficient (Wildman–Crippen LogP) is 3.08. The van der Waals surface area contributed by atoms with E-state index in [0.29, 0.717) is 21.4 Å². The van der Waals surface area contributed by atoms with Gasteiger partial charge in [0.25, 0.3) is 5.91 Å². The van der Waals surface area contributed by atoms with Crippen LogP contribution in [0.2, 0.25) is 5.02 Å². The fraction of sp³-hybridized carbons (Fsp3) is 0.333. The van der Waals surface area contributed by atoms with E-state index in [0.717, 1.165) is 4.21 Å². The van der Waals surface area contributed by atoms with E-state index < -0.39 is 17.9 Å². The summed E-state index contributed by atoms with van der Waals surface area (Å²) in [6.07, 6.45) is 0. The van der Waals surface area contributed by atoms with Crippen LogP contribution in [0.25, 0.3) is 0 Å². The van der Waals surface area contributed by atoms with Gasteiger partial charge in [-0.25, -0.2) is 4.98 Å². The molecule has 0 saturated heterocycles. The number of carbonyl (C=O) groups excluding carboxylic acids is 3. The van der Waals surface area contributed by atoms with E-state index in [4.69, 9.17) is 17.3 Å². The fourth-order valence-electron chi connectivity index (χ4n) is 2.29. The first-order chi connectivity index (χ1) is 13.2. The zero-order chi connectivity index (χ0) is 20.8. The third kappa shape index (κ3) is 5.95. The Hall–Kier alpha value is -2.10. The van der Waals surface area contributed by atoms with Gasteiger partial charge in [-0.15, -0.1) is 11.8 Å². The monoisotopic (exact) mass is 440 g/mol. The molecule has 0 spiro atoms. The SMILES string of the molecule is Cc1nc(NC(=O)C(NC(=O)c2ccccc2Cl)C(C)C)sc1SCC(N)=O. The number of aromatic nitrogens is 1. The van der Waals surface area contributed by atoms with Crippen LogP contribution in [0.5, 0.6) is 0 Å². The summed E-state index contributed by atoms with van der Waals surface area (Å²) < 4.78 is 0.801. The van der Waals surface area contributed by atoms with Crippen molar-refractivity contribution in [2.75, 3.05) is 11.1 Å². The van der Waals surface area contributed by atoms with Crippen LogP contribution < -0.4 is 16.4 Å². The van der Waals surface area contributed by atoms with Crippen molar-refractivity contribution in [2.24, 2.45) is 11.7 Å². The number of nitrogens with two attached hydrogens (primary N) is 1. The molecule has 4 N–H and O–H groups in total. The van der Waals surface area contributed by atoms with Crippen molar-refractivity contribution in [3.05, 3.63) is 40.5 Å². The molecule has 28 heavy (non-hydrogen) atoms. The number of halogens is 1. The molecule has 0 saturated carbocycles. The normalized spacial score (nSPS) is 11.9. The Morgan fingerprint density at radius 2 is 1.96 bits per heavy atom. The first-order valence-electron chi connectivity index (χ1n) is 8.43. The summed E-state index contributed by atoms with van der Waals surface area (Å²) in [7, 11) is 0. The van der Waals surface area contributed by atoms with Crippen molar-refractivity contribution in [3.8, 4) is 0 Å². The molecule has 10 heteroatoms. The predicted molar refractivity (Wildman–Crippen MR) is 113 cm³/mol. The number of nitrogens with one attached hydrogen (secondary N) is 2. The zero-order valence-corrected chi connectivity index (χ0v) is 18.0. The van der Waals surface area contributed by atoms with Crippen molar-refractivity contribution >= 4 is 57.6 Å². The topological polar surface area (TPSA) is 114 Å². The first-order valence-corrected chi connectivity index (χ1v) is 10.6. The fourth-order valence-corrected chi connectivity index (χ4v) is 4.39. The Morgan fingerprint density at radius 3 is 2.57 bits per heavy atom. The minimum absolute atomic E-state index is 0.138. The van der Waals surface area contributed by atoms with Crippen LogP contribution in [0.1, 0.15) is 29.9 Å². The number of primary amides is 1. The standard InChI is InChI=1S/C18H21ClN4O3S2/c1-9(2)14(22-15(25)11-6-4-5-7-12(11)19)16(26)23-18-21-10(3)17(28-18)27-8-13(20)24/h4-7,9,14H,8H2,1-3H3,(H2,20,24)(H,22,25)(H,21,23,26). The molecule has 7 nitrogen and oxygen atoms in total. The molecule has 0 bridgehead atoms. The van der Waals surface area contributed by atoms with Gasteiger partial charge in [-0.2, -0.15) is 0 Å². The smallest absolute Gasteiger partial charge is 0.253 e. The van der Waals surface area contributed by atoms with E-state index in [1.54, 1.807) is 31.2 Å². The lowest BCUT2D eigenvalue weighted by Crippen LogP contribution is -2.47. The second-order valence-electron chi connectivity index (χ2n) is 6.31. The molecule has 3 amide bonds. The summed E-state index contributed by atoms with van der Waals surface area (Å²) in [5.74, 6) is -1.25. The van der Waals surface area contributed by atoms with E-state index >= 15 is 0 Å². The molecule has 1 atom stereocenters. The minimum Gasteiger partial charge on any atom is -0.369 e. The molecule has 2 rings (SSSR count). The lowest BCUT2D eigenvalue weighted by atomic mass is 10.0. The highest BCUT2D eigenvalue weighted by Gasteiger charge is 2.26. The summed E-state index contributed by atoms with van der Waals surface area (Å²) in [6, 6.07) is 5.87. The molecule has 1 aromatic carbocycles. The van der Waals surface area contributed by atoms with E-state index in [1.165, 1.54) is 23.1 Å². The van der Waals surface area contributed by atoms with Gasteiger partial charge in [0.15, 0.2) is 5.13 Å².